The number of benzene rings is 11. The second-order valence-corrected chi connectivity index (χ2v) is 20.8. The van der Waals surface area contributed by atoms with Gasteiger partial charge in [-0.3, -0.25) is 9.13 Å². The molecule has 5 aromatic heterocycles. The molecule has 0 spiro atoms. The molecule has 0 unspecified atom stereocenters. The quantitative estimate of drug-likeness (QED) is 0.157. The van der Waals surface area contributed by atoms with Crippen LogP contribution in [0.25, 0.3) is 144 Å². The molecule has 0 bridgehead atoms. The predicted octanol–water partition coefficient (Wildman–Crippen LogP) is 19.1. The third-order valence-electron chi connectivity index (χ3n) is 16.2. The van der Waals surface area contributed by atoms with Crippen LogP contribution in [0.15, 0.2) is 261 Å². The first-order valence-corrected chi connectivity index (χ1v) is 26.9. The third-order valence-corrected chi connectivity index (χ3v) is 16.2. The van der Waals surface area contributed by atoms with E-state index in [1.54, 1.807) is 0 Å². The number of aryl methyl sites for hydroxylation is 2. The van der Waals surface area contributed by atoms with Gasteiger partial charge in [0.2, 0.25) is 0 Å². The SMILES string of the molecule is Cc1cc(C)cc(-c2c(-n3c4ccccc4c4ccccc43)c(-n3c4ccccc4c4ccccc43)nc(-n3c4ccc(-c5ccccc5)cc4c4cc(-c5ccccc5)ccc43)c2-n2c3ccccc3c3ccccc32)c1. The average Bonchev–Trinajstić information content (AvgIpc) is 4.41. The van der Waals surface area contributed by atoms with E-state index in [9.17, 15) is 0 Å². The van der Waals surface area contributed by atoms with E-state index in [1.807, 2.05) is 0 Å². The normalized spacial score (nSPS) is 12.0. The summed E-state index contributed by atoms with van der Waals surface area (Å²) in [5.74, 6) is 1.64. The number of para-hydroxylation sites is 6. The summed E-state index contributed by atoms with van der Waals surface area (Å²) in [4.78, 5) is 6.47. The van der Waals surface area contributed by atoms with E-state index in [-0.39, 0.29) is 0 Å². The molecule has 0 radical (unpaired) electrons. The first-order chi connectivity index (χ1) is 38.6. The number of hydrogen-bond acceptors (Lipinski definition) is 1. The van der Waals surface area contributed by atoms with Gasteiger partial charge in [0.05, 0.1) is 44.1 Å². The van der Waals surface area contributed by atoms with E-state index < -0.39 is 0 Å². The Labute approximate surface area is 450 Å². The van der Waals surface area contributed by atoms with Crippen LogP contribution in [-0.2, 0) is 0 Å². The highest BCUT2D eigenvalue weighted by Gasteiger charge is 2.33. The molecule has 11 aromatic carbocycles. The molecular formula is C73H49N5. The van der Waals surface area contributed by atoms with Crippen LogP contribution in [0.3, 0.4) is 0 Å². The molecule has 5 nitrogen and oxygen atoms in total. The summed E-state index contributed by atoms with van der Waals surface area (Å²) < 4.78 is 9.98. The lowest BCUT2D eigenvalue weighted by Gasteiger charge is -2.27. The molecule has 0 N–H and O–H groups in total. The van der Waals surface area contributed by atoms with Crippen molar-refractivity contribution >= 4 is 87.2 Å². The fourth-order valence-corrected chi connectivity index (χ4v) is 13.0. The predicted molar refractivity (Wildman–Crippen MR) is 327 cm³/mol. The van der Waals surface area contributed by atoms with E-state index in [2.05, 4.69) is 293 Å². The third kappa shape index (κ3) is 6.52. The van der Waals surface area contributed by atoms with Crippen LogP contribution in [0.4, 0.5) is 0 Å². The fourth-order valence-electron chi connectivity index (χ4n) is 13.0. The van der Waals surface area contributed by atoms with Gasteiger partial charge in [0.25, 0.3) is 0 Å². The molecule has 0 saturated heterocycles. The summed E-state index contributed by atoms with van der Waals surface area (Å²) in [6, 6.07) is 95.9. The molecule has 0 aliphatic heterocycles. The summed E-state index contributed by atoms with van der Waals surface area (Å²) in [7, 11) is 0. The zero-order valence-corrected chi connectivity index (χ0v) is 43.1. The molecule has 0 aliphatic carbocycles. The number of hydrogen-bond donors (Lipinski definition) is 0. The zero-order valence-electron chi connectivity index (χ0n) is 43.1. The lowest BCUT2D eigenvalue weighted by atomic mass is 9.97. The van der Waals surface area contributed by atoms with Crippen LogP contribution in [-0.4, -0.2) is 23.3 Å². The van der Waals surface area contributed by atoms with Gasteiger partial charge in [-0.25, -0.2) is 4.98 Å². The maximum atomic E-state index is 6.47. The Morgan fingerprint density at radius 1 is 0.231 bits per heavy atom. The van der Waals surface area contributed by atoms with Crippen molar-refractivity contribution in [2.45, 2.75) is 13.8 Å². The standard InChI is InChI=1S/C73H49N5/c1-46-41-47(2)43-52(42-46)69-70(75-61-31-15-9-25-53(61)54-26-10-16-32-62(54)75)72(77-65-35-19-13-29-57(65)58-30-14-20-36-66(58)77)74-73(71(69)76-63-33-17-11-27-55(63)56-28-12-18-34-64(56)76)78-67-39-37-50(48-21-5-3-6-22-48)44-59(67)60-45-51(38-40-68(60)78)49-23-7-4-8-24-49/h3-45H,1-2H3. The van der Waals surface area contributed by atoms with Gasteiger partial charge in [-0.15, -0.1) is 0 Å². The Morgan fingerprint density at radius 2 is 0.526 bits per heavy atom. The number of pyridine rings is 1. The molecule has 0 saturated carbocycles. The number of rotatable bonds is 7. The summed E-state index contributed by atoms with van der Waals surface area (Å²) in [5, 5.41) is 9.36. The van der Waals surface area contributed by atoms with Crippen LogP contribution in [0.1, 0.15) is 11.1 Å². The minimum absolute atomic E-state index is 0.817. The van der Waals surface area contributed by atoms with Crippen molar-refractivity contribution in [3.05, 3.63) is 272 Å². The Bertz CT molecular complexity index is 4830. The van der Waals surface area contributed by atoms with Crippen LogP contribution >= 0.6 is 0 Å². The smallest absolute Gasteiger partial charge is 0.165 e. The van der Waals surface area contributed by atoms with Gasteiger partial charge >= 0.3 is 0 Å². The van der Waals surface area contributed by atoms with Crippen molar-refractivity contribution in [1.29, 1.82) is 0 Å². The van der Waals surface area contributed by atoms with Gasteiger partial charge in [0.15, 0.2) is 11.6 Å². The van der Waals surface area contributed by atoms with E-state index in [4.69, 9.17) is 4.98 Å². The van der Waals surface area contributed by atoms with Gasteiger partial charge in [-0.05, 0) is 102 Å². The summed E-state index contributed by atoms with van der Waals surface area (Å²) in [5.41, 5.74) is 19.9. The van der Waals surface area contributed by atoms with Crippen molar-refractivity contribution in [1.82, 2.24) is 23.3 Å². The van der Waals surface area contributed by atoms with Gasteiger partial charge in [-0.2, -0.15) is 0 Å². The largest absolute Gasteiger partial charge is 0.305 e. The molecule has 78 heavy (non-hydrogen) atoms. The van der Waals surface area contributed by atoms with Gasteiger partial charge in [0.1, 0.15) is 11.4 Å². The molecule has 5 heteroatoms. The van der Waals surface area contributed by atoms with Gasteiger partial charge in [-0.1, -0.05) is 211 Å². The summed E-state index contributed by atoms with van der Waals surface area (Å²) in [6.07, 6.45) is 0. The van der Waals surface area contributed by atoms with E-state index in [1.165, 1.54) is 54.6 Å². The van der Waals surface area contributed by atoms with Gasteiger partial charge < -0.3 is 9.13 Å². The van der Waals surface area contributed by atoms with E-state index in [0.717, 1.165) is 100 Å². The number of nitrogens with zero attached hydrogens (tertiary/aromatic N) is 5. The monoisotopic (exact) mass is 995 g/mol. The van der Waals surface area contributed by atoms with Crippen molar-refractivity contribution in [3.63, 3.8) is 0 Å². The first-order valence-electron chi connectivity index (χ1n) is 26.9. The average molecular weight is 996 g/mol. The van der Waals surface area contributed by atoms with Crippen LogP contribution in [0, 0.1) is 13.8 Å². The highest BCUT2D eigenvalue weighted by atomic mass is 15.2. The molecule has 0 aliphatic rings. The molecule has 0 amide bonds. The van der Waals surface area contributed by atoms with Crippen molar-refractivity contribution in [3.8, 4) is 56.4 Å². The van der Waals surface area contributed by atoms with Crippen LogP contribution < -0.4 is 0 Å². The van der Waals surface area contributed by atoms with Crippen LogP contribution in [0.2, 0.25) is 0 Å². The van der Waals surface area contributed by atoms with Crippen molar-refractivity contribution in [2.75, 3.05) is 0 Å². The highest BCUT2D eigenvalue weighted by molar-refractivity contribution is 6.16. The second-order valence-electron chi connectivity index (χ2n) is 20.8. The Balaban J connectivity index is 1.20. The van der Waals surface area contributed by atoms with Crippen LogP contribution in [0.5, 0.6) is 0 Å². The Hall–Kier alpha value is -10.2. The van der Waals surface area contributed by atoms with Crippen molar-refractivity contribution in [2.24, 2.45) is 0 Å². The molecule has 0 atom stereocenters. The Morgan fingerprint density at radius 3 is 0.872 bits per heavy atom. The summed E-state index contributed by atoms with van der Waals surface area (Å²) in [6.45, 7) is 4.46. The molecule has 366 valence electrons. The van der Waals surface area contributed by atoms with E-state index in [0.29, 0.717) is 0 Å². The Kier molecular flexibility index (Phi) is 9.70. The second kappa shape index (κ2) is 17.2. The van der Waals surface area contributed by atoms with Gasteiger partial charge in [0, 0.05) is 48.7 Å². The first kappa shape index (κ1) is 44.1. The lowest BCUT2D eigenvalue weighted by molar-refractivity contribution is 0.961. The maximum Gasteiger partial charge on any atom is 0.165 e. The van der Waals surface area contributed by atoms with Crippen molar-refractivity contribution < 1.29 is 0 Å². The lowest BCUT2D eigenvalue weighted by Crippen LogP contribution is -2.16. The molecule has 16 rings (SSSR count). The number of fused-ring (bicyclic) bond motifs is 12. The minimum Gasteiger partial charge on any atom is -0.305 e. The van der Waals surface area contributed by atoms with E-state index >= 15 is 0 Å². The topological polar surface area (TPSA) is 32.6 Å². The minimum atomic E-state index is 0.817. The highest BCUT2D eigenvalue weighted by Crippen LogP contribution is 2.49. The summed E-state index contributed by atoms with van der Waals surface area (Å²) >= 11 is 0. The molecule has 0 fully saturated rings. The maximum absolute atomic E-state index is 6.47. The molecule has 5 heterocycles. The molecule has 16 aromatic rings. The zero-order chi connectivity index (χ0) is 51.6. The fraction of sp³-hybridized carbons (Fsp3) is 0.0274. The molecular weight excluding hydrogens is 947 g/mol. The number of aromatic nitrogens is 5.